The van der Waals surface area contributed by atoms with E-state index in [1.54, 1.807) is 35.7 Å². The second-order valence-electron chi connectivity index (χ2n) is 23.1. The molecule has 4 fully saturated rings. The third-order valence-corrected chi connectivity index (χ3v) is 17.1. The van der Waals surface area contributed by atoms with Crippen molar-refractivity contribution in [2.24, 2.45) is 22.2 Å². The maximum Gasteiger partial charge on any atom is 0.253 e. The first-order chi connectivity index (χ1) is 35.0. The molecule has 0 bridgehead atoms. The molecule has 1 aliphatic carbocycles. The van der Waals surface area contributed by atoms with Gasteiger partial charge in [-0.25, -0.2) is 9.97 Å². The Kier molecular flexibility index (Phi) is 16.5. The number of aliphatic hydroxyl groups is 1. The molecule has 2 aromatic carbocycles. The Morgan fingerprint density at radius 2 is 1.65 bits per heavy atom. The van der Waals surface area contributed by atoms with Gasteiger partial charge in [-0.1, -0.05) is 84.3 Å². The quantitative estimate of drug-likeness (QED) is 0.0913. The van der Waals surface area contributed by atoms with Gasteiger partial charge in [0.1, 0.15) is 35.8 Å². The number of aliphatic hydroxyl groups excluding tert-OH is 1. The molecular weight excluding hydrogens is 976 g/mol. The summed E-state index contributed by atoms with van der Waals surface area (Å²) in [4.78, 5) is 73.7. The lowest BCUT2D eigenvalue weighted by Gasteiger charge is -2.63. The highest BCUT2D eigenvalue weighted by molar-refractivity contribution is 7.13. The Balaban J connectivity index is 0.756. The first kappa shape index (κ1) is 54.6. The van der Waals surface area contributed by atoms with E-state index >= 15 is 0 Å². The number of carbonyl (C=O) groups is 4. The maximum atomic E-state index is 14.3. The van der Waals surface area contributed by atoms with Gasteiger partial charge in [-0.15, -0.1) is 11.3 Å². The monoisotopic (exact) mass is 1050 g/mol. The molecule has 18 heteroatoms. The van der Waals surface area contributed by atoms with Crippen molar-refractivity contribution >= 4 is 52.4 Å². The summed E-state index contributed by atoms with van der Waals surface area (Å²) in [5, 5.41) is 29.7. The number of nitrogens with one attached hydrogen (secondary N) is 3. The van der Waals surface area contributed by atoms with Crippen LogP contribution in [0, 0.1) is 40.4 Å². The molecule has 2 aromatic heterocycles. The van der Waals surface area contributed by atoms with Gasteiger partial charge in [0, 0.05) is 81.4 Å². The van der Waals surface area contributed by atoms with Crippen molar-refractivity contribution in [1.29, 1.82) is 5.26 Å². The summed E-state index contributed by atoms with van der Waals surface area (Å²) in [6, 6.07) is 16.7. The van der Waals surface area contributed by atoms with E-state index in [2.05, 4.69) is 69.4 Å². The normalized spacial score (nSPS) is 23.6. The van der Waals surface area contributed by atoms with Crippen molar-refractivity contribution in [1.82, 2.24) is 40.6 Å². The number of likely N-dealkylation sites (tertiary alicyclic amines) is 1. The number of nitriles is 1. The van der Waals surface area contributed by atoms with E-state index < -0.39 is 23.6 Å². The number of nitrogens with zero attached hydrogens (tertiary/aromatic N) is 7. The molecule has 0 radical (unpaired) electrons. The van der Waals surface area contributed by atoms with E-state index in [1.165, 1.54) is 4.90 Å². The van der Waals surface area contributed by atoms with E-state index in [0.29, 0.717) is 27.8 Å². The summed E-state index contributed by atoms with van der Waals surface area (Å²) >= 11 is 7.85. The number of hydrogen-bond acceptors (Lipinski definition) is 13. The fourth-order valence-corrected chi connectivity index (χ4v) is 12.8. The number of ether oxygens (including phenoxy) is 1. The van der Waals surface area contributed by atoms with Crippen LogP contribution < -0.4 is 25.6 Å². The second-order valence-corrected chi connectivity index (χ2v) is 24.4. The number of piperazine rings is 1. The standard InChI is InChI=1S/C56H73ClN10O6S/c1-34(37-10-12-38(13-11-37)47-35(2)60-33-74-47)61-50(71)44-26-41(68)31-67(44)51(72)48(54(3,4)5)62-46(69)32-65-24-22-64(23-25-65)20-18-36-19-21-66(30-36)45-17-15-40(29-59-45)49(70)63-52-55(6,7)53(56(52,8)9)73-42-16-14-39(28-58)43(57)27-42/h10-17,27,29,33-34,36,41,44,48,52-53,68H,18-26,30-32H2,1-9H3,(H,61,71)(H,62,69)(H,63,70)/t34-,36-,41+,44-,48+,52?,53?/m0/s1. The van der Waals surface area contributed by atoms with Crippen LogP contribution in [0.5, 0.6) is 5.75 Å². The highest BCUT2D eigenvalue weighted by atomic mass is 35.5. The number of amides is 4. The minimum atomic E-state index is -0.896. The highest BCUT2D eigenvalue weighted by Crippen LogP contribution is 2.55. The molecule has 8 rings (SSSR count). The first-order valence-corrected chi connectivity index (χ1v) is 27.2. The molecule has 74 heavy (non-hydrogen) atoms. The van der Waals surface area contributed by atoms with Gasteiger partial charge >= 0.3 is 0 Å². The molecule has 5 heterocycles. The molecule has 1 saturated carbocycles. The average Bonchev–Trinajstić information content (AvgIpc) is 4.13. The van der Waals surface area contributed by atoms with Crippen molar-refractivity contribution < 1.29 is 29.0 Å². The van der Waals surface area contributed by atoms with E-state index in [1.807, 2.05) is 76.5 Å². The van der Waals surface area contributed by atoms with Gasteiger partial charge < -0.3 is 40.5 Å². The molecule has 3 saturated heterocycles. The smallest absolute Gasteiger partial charge is 0.253 e. The van der Waals surface area contributed by atoms with Gasteiger partial charge in [0.25, 0.3) is 5.91 Å². The summed E-state index contributed by atoms with van der Waals surface area (Å²) < 4.78 is 6.39. The Morgan fingerprint density at radius 1 is 0.946 bits per heavy atom. The lowest BCUT2D eigenvalue weighted by Crippen LogP contribution is -2.74. The topological polar surface area (TPSA) is 196 Å². The Morgan fingerprint density at radius 3 is 2.27 bits per heavy atom. The largest absolute Gasteiger partial charge is 0.489 e. The van der Waals surface area contributed by atoms with Crippen LogP contribution in [0.2, 0.25) is 5.02 Å². The van der Waals surface area contributed by atoms with Crippen LogP contribution in [0.4, 0.5) is 5.82 Å². The third-order valence-electron chi connectivity index (χ3n) is 15.8. The number of anilines is 1. The molecule has 4 N–H and O–H groups in total. The van der Waals surface area contributed by atoms with Gasteiger partial charge in [0.15, 0.2) is 0 Å². The zero-order chi connectivity index (χ0) is 53.3. The molecule has 396 valence electrons. The van der Waals surface area contributed by atoms with Crippen molar-refractivity contribution in [3.8, 4) is 22.3 Å². The average molecular weight is 1050 g/mol. The molecule has 16 nitrogen and oxygen atoms in total. The number of aryl methyl sites for hydroxylation is 1. The maximum absolute atomic E-state index is 14.3. The van der Waals surface area contributed by atoms with Crippen molar-refractivity contribution in [3.63, 3.8) is 0 Å². The van der Waals surface area contributed by atoms with Crippen molar-refractivity contribution in [3.05, 3.63) is 93.7 Å². The Labute approximate surface area is 445 Å². The van der Waals surface area contributed by atoms with Crippen LogP contribution in [0.25, 0.3) is 10.4 Å². The van der Waals surface area contributed by atoms with Crippen LogP contribution in [0.1, 0.15) is 108 Å². The second kappa shape index (κ2) is 22.3. The number of β-amino-alcohol motifs (C(OH)–C–C–N with tert-alkyl or cyclic N) is 1. The van der Waals surface area contributed by atoms with Crippen LogP contribution in [0.3, 0.4) is 0 Å². The number of halogens is 1. The number of rotatable bonds is 16. The summed E-state index contributed by atoms with van der Waals surface area (Å²) in [5.74, 6) is 0.815. The molecule has 3 aliphatic heterocycles. The van der Waals surface area contributed by atoms with E-state index in [0.717, 1.165) is 86.2 Å². The van der Waals surface area contributed by atoms with Gasteiger partial charge in [0.05, 0.1) is 50.9 Å². The van der Waals surface area contributed by atoms with Crippen LogP contribution in [0.15, 0.2) is 66.3 Å². The molecule has 0 unspecified atom stereocenters. The zero-order valence-electron chi connectivity index (χ0n) is 44.3. The van der Waals surface area contributed by atoms with Crippen molar-refractivity contribution in [2.45, 2.75) is 118 Å². The van der Waals surface area contributed by atoms with Gasteiger partial charge in [0.2, 0.25) is 17.7 Å². The molecule has 0 spiro atoms. The number of thiazole rings is 1. The first-order valence-electron chi connectivity index (χ1n) is 25.9. The van der Waals surface area contributed by atoms with Gasteiger partial charge in [-0.3, -0.25) is 24.1 Å². The lowest BCUT2D eigenvalue weighted by molar-refractivity contribution is -0.164. The van der Waals surface area contributed by atoms with Gasteiger partial charge in [-0.2, -0.15) is 5.26 Å². The number of hydrogen-bond donors (Lipinski definition) is 4. The number of benzene rings is 2. The van der Waals surface area contributed by atoms with E-state index in [9.17, 15) is 29.5 Å². The SMILES string of the molecule is Cc1ncsc1-c1ccc([C@H](C)NC(=O)[C@@H]2C[C@@H](O)CN2C(=O)[C@@H](NC(=O)CN2CCN(CC[C@H]3CCN(c4ccc(C(=O)NC5C(C)(C)C(Oc6ccc(C#N)c(Cl)c6)C5(C)C)cn4)C3)CC2)C(C)(C)C)cc1. The highest BCUT2D eigenvalue weighted by Gasteiger charge is 2.64. The molecule has 4 amide bonds. The molecule has 4 aromatic rings. The number of carbonyl (C=O) groups excluding carboxylic acids is 4. The Hall–Kier alpha value is -5.64. The van der Waals surface area contributed by atoms with Crippen LogP contribution >= 0.6 is 22.9 Å². The van der Waals surface area contributed by atoms with Crippen molar-refractivity contribution in [2.75, 3.05) is 63.8 Å². The minimum Gasteiger partial charge on any atom is -0.489 e. The third kappa shape index (κ3) is 12.1. The molecule has 4 aliphatic rings. The lowest BCUT2D eigenvalue weighted by atomic mass is 9.49. The predicted molar refractivity (Wildman–Crippen MR) is 288 cm³/mol. The van der Waals surface area contributed by atoms with Crippen LogP contribution in [-0.4, -0.2) is 143 Å². The van der Waals surface area contributed by atoms with E-state index in [4.69, 9.17) is 21.3 Å². The van der Waals surface area contributed by atoms with Crippen LogP contribution in [-0.2, 0) is 14.4 Å². The molecular formula is C56H73ClN10O6S. The number of aromatic nitrogens is 2. The summed E-state index contributed by atoms with van der Waals surface area (Å²) in [7, 11) is 0. The fraction of sp³-hybridized carbons (Fsp3) is 0.554. The zero-order valence-corrected chi connectivity index (χ0v) is 45.9. The number of pyridine rings is 1. The van der Waals surface area contributed by atoms with E-state index in [-0.39, 0.29) is 72.2 Å². The predicted octanol–water partition coefficient (Wildman–Crippen LogP) is 6.85. The summed E-state index contributed by atoms with van der Waals surface area (Å²) in [6.07, 6.45) is 2.83. The Bertz CT molecular complexity index is 2700. The molecule has 5 atom stereocenters. The summed E-state index contributed by atoms with van der Waals surface area (Å²) in [5.41, 5.74) is 4.25. The van der Waals surface area contributed by atoms with Gasteiger partial charge in [-0.05, 0) is 80.0 Å². The summed E-state index contributed by atoms with van der Waals surface area (Å²) in [6.45, 7) is 24.0. The minimum absolute atomic E-state index is 0.0138. The fourth-order valence-electron chi connectivity index (χ4n) is 11.8.